The largest absolute Gasteiger partial charge is 0.490 e. The van der Waals surface area contributed by atoms with Gasteiger partial charge in [-0.3, -0.25) is 4.79 Å². The second-order valence-corrected chi connectivity index (χ2v) is 9.77. The summed E-state index contributed by atoms with van der Waals surface area (Å²) in [6.45, 7) is 5.20. The van der Waals surface area contributed by atoms with Crippen LogP contribution in [0.25, 0.3) is 22.1 Å². The Morgan fingerprint density at radius 1 is 1.03 bits per heavy atom. The van der Waals surface area contributed by atoms with Crippen molar-refractivity contribution in [2.24, 2.45) is 0 Å². The molecule has 2 heterocycles. The van der Waals surface area contributed by atoms with Crippen LogP contribution in [0.4, 0.5) is 0 Å². The lowest BCUT2D eigenvalue weighted by Crippen LogP contribution is -2.22. The van der Waals surface area contributed by atoms with Crippen molar-refractivity contribution < 1.29 is 14.2 Å². The molecule has 0 aliphatic rings. The average molecular weight is 551 g/mol. The molecule has 5 aromatic rings. The first kappa shape index (κ1) is 23.4. The van der Waals surface area contributed by atoms with Gasteiger partial charge in [-0.1, -0.05) is 41.2 Å². The van der Waals surface area contributed by atoms with Crippen LogP contribution in [-0.4, -0.2) is 29.2 Å². The van der Waals surface area contributed by atoms with Crippen LogP contribution >= 0.6 is 27.3 Å². The van der Waals surface area contributed by atoms with E-state index in [1.807, 2.05) is 80.6 Å². The molecule has 0 bridgehead atoms. The highest BCUT2D eigenvalue weighted by Crippen LogP contribution is 2.37. The average Bonchev–Trinajstić information content (AvgIpc) is 3.35. The Hall–Kier alpha value is -3.36. The summed E-state index contributed by atoms with van der Waals surface area (Å²) in [5, 5.41) is 0. The van der Waals surface area contributed by atoms with Gasteiger partial charge in [-0.2, -0.15) is 0 Å². The monoisotopic (exact) mass is 550 g/mol. The number of aryl methyl sites for hydroxylation is 1. The van der Waals surface area contributed by atoms with E-state index in [1.165, 1.54) is 16.9 Å². The van der Waals surface area contributed by atoms with Crippen LogP contribution < -0.4 is 24.3 Å². The second kappa shape index (κ2) is 10.1. The summed E-state index contributed by atoms with van der Waals surface area (Å²) in [7, 11) is 0. The maximum atomic E-state index is 13.1. The molecule has 0 fully saturated rings. The number of para-hydroxylation sites is 2. The maximum Gasteiger partial charge on any atom is 0.274 e. The van der Waals surface area contributed by atoms with Gasteiger partial charge in [0.1, 0.15) is 19.0 Å². The number of rotatable bonds is 8. The summed E-state index contributed by atoms with van der Waals surface area (Å²) in [4.78, 5) is 18.4. The predicted molar refractivity (Wildman–Crippen MR) is 143 cm³/mol. The van der Waals surface area contributed by atoms with Gasteiger partial charge >= 0.3 is 0 Å². The molecule has 3 aromatic carbocycles. The molecule has 5 rings (SSSR count). The second-order valence-electron chi connectivity index (χ2n) is 7.91. The minimum absolute atomic E-state index is 0.0821. The zero-order chi connectivity index (χ0) is 24.4. The number of hydrogen-bond donors (Lipinski definition) is 0. The van der Waals surface area contributed by atoms with Crippen molar-refractivity contribution in [2.75, 3.05) is 19.8 Å². The number of halogens is 1. The van der Waals surface area contributed by atoms with E-state index >= 15 is 0 Å². The normalized spacial score (nSPS) is 11.9. The highest BCUT2D eigenvalue weighted by atomic mass is 79.9. The van der Waals surface area contributed by atoms with Gasteiger partial charge in [0.05, 0.1) is 26.6 Å². The molecule has 35 heavy (non-hydrogen) atoms. The van der Waals surface area contributed by atoms with Gasteiger partial charge < -0.3 is 14.2 Å². The molecule has 178 valence electrons. The number of imidazole rings is 1. The fourth-order valence-corrected chi connectivity index (χ4v) is 5.34. The van der Waals surface area contributed by atoms with Crippen LogP contribution in [0.5, 0.6) is 17.2 Å². The minimum atomic E-state index is -0.0821. The summed E-state index contributed by atoms with van der Waals surface area (Å²) >= 11 is 4.98. The Morgan fingerprint density at radius 3 is 2.60 bits per heavy atom. The molecule has 0 aliphatic heterocycles. The zero-order valence-electron chi connectivity index (χ0n) is 19.3. The van der Waals surface area contributed by atoms with Gasteiger partial charge in [0.15, 0.2) is 16.5 Å². The summed E-state index contributed by atoms with van der Waals surface area (Å²) in [6, 6.07) is 19.3. The Bertz CT molecular complexity index is 1610. The van der Waals surface area contributed by atoms with Crippen LogP contribution in [0, 0.1) is 6.92 Å². The number of thiazole rings is 1. The van der Waals surface area contributed by atoms with E-state index in [0.717, 1.165) is 26.8 Å². The molecule has 0 saturated carbocycles. The van der Waals surface area contributed by atoms with Crippen LogP contribution in [-0.2, 0) is 0 Å². The molecular formula is C27H23BrN2O4S. The van der Waals surface area contributed by atoms with Crippen molar-refractivity contribution in [3.63, 3.8) is 0 Å². The molecule has 0 amide bonds. The summed E-state index contributed by atoms with van der Waals surface area (Å²) in [5.74, 6) is 2.00. The van der Waals surface area contributed by atoms with Gasteiger partial charge in [0.2, 0.25) is 0 Å². The summed E-state index contributed by atoms with van der Waals surface area (Å²) < 4.78 is 20.6. The molecule has 0 aliphatic carbocycles. The van der Waals surface area contributed by atoms with Gasteiger partial charge in [-0.05, 0) is 77.8 Å². The van der Waals surface area contributed by atoms with Crippen molar-refractivity contribution in [2.45, 2.75) is 13.8 Å². The minimum Gasteiger partial charge on any atom is -0.490 e. The molecule has 0 atom stereocenters. The third kappa shape index (κ3) is 4.90. The van der Waals surface area contributed by atoms with Gasteiger partial charge in [-0.15, -0.1) is 0 Å². The fourth-order valence-electron chi connectivity index (χ4n) is 3.78. The highest BCUT2D eigenvalue weighted by molar-refractivity contribution is 9.10. The first-order valence-corrected chi connectivity index (χ1v) is 12.8. The van der Waals surface area contributed by atoms with E-state index in [1.54, 1.807) is 4.40 Å². The van der Waals surface area contributed by atoms with Crippen LogP contribution in [0.2, 0.25) is 0 Å². The number of hydrogen-bond acceptors (Lipinski definition) is 6. The van der Waals surface area contributed by atoms with E-state index in [4.69, 9.17) is 14.2 Å². The first-order chi connectivity index (χ1) is 17.0. The van der Waals surface area contributed by atoms with Crippen molar-refractivity contribution in [3.05, 3.63) is 91.1 Å². The summed E-state index contributed by atoms with van der Waals surface area (Å²) in [6.07, 6.45) is 1.86. The van der Waals surface area contributed by atoms with E-state index in [0.29, 0.717) is 40.8 Å². The SMILES string of the molecule is CCOc1cc(/C=c2\sc3nc4ccccc4n3c2=O)cc(Br)c1OCCOc1ccc(C)cc1. The maximum absolute atomic E-state index is 13.1. The Balaban J connectivity index is 1.39. The van der Waals surface area contributed by atoms with Crippen molar-refractivity contribution in [1.82, 2.24) is 9.38 Å². The lowest BCUT2D eigenvalue weighted by atomic mass is 10.2. The predicted octanol–water partition coefficient (Wildman–Crippen LogP) is 5.38. The van der Waals surface area contributed by atoms with Crippen molar-refractivity contribution >= 4 is 49.3 Å². The topological polar surface area (TPSA) is 62.1 Å². The van der Waals surface area contributed by atoms with Gasteiger partial charge in [-0.25, -0.2) is 9.38 Å². The molecule has 0 spiro atoms. The Morgan fingerprint density at radius 2 is 1.80 bits per heavy atom. The van der Waals surface area contributed by atoms with Crippen LogP contribution in [0.1, 0.15) is 18.1 Å². The number of fused-ring (bicyclic) bond motifs is 3. The highest BCUT2D eigenvalue weighted by Gasteiger charge is 2.14. The molecule has 0 saturated heterocycles. The number of nitrogens with zero attached hydrogens (tertiary/aromatic N) is 2. The van der Waals surface area contributed by atoms with Gasteiger partial charge in [0, 0.05) is 0 Å². The molecule has 0 radical (unpaired) electrons. The Kier molecular flexibility index (Phi) is 6.74. The molecule has 0 N–H and O–H groups in total. The zero-order valence-corrected chi connectivity index (χ0v) is 21.7. The summed E-state index contributed by atoms with van der Waals surface area (Å²) in [5.41, 5.74) is 3.56. The molecular weight excluding hydrogens is 528 g/mol. The third-order valence-electron chi connectivity index (χ3n) is 5.39. The van der Waals surface area contributed by atoms with E-state index in [9.17, 15) is 4.79 Å². The van der Waals surface area contributed by atoms with Crippen LogP contribution in [0.15, 0.2) is 69.9 Å². The number of aromatic nitrogens is 2. The van der Waals surface area contributed by atoms with E-state index in [-0.39, 0.29) is 5.56 Å². The Labute approximate surface area is 214 Å². The van der Waals surface area contributed by atoms with Crippen molar-refractivity contribution in [3.8, 4) is 17.2 Å². The van der Waals surface area contributed by atoms with Gasteiger partial charge in [0.25, 0.3) is 5.56 Å². The lowest BCUT2D eigenvalue weighted by Gasteiger charge is -2.15. The number of ether oxygens (including phenoxy) is 3. The molecule has 0 unspecified atom stereocenters. The molecule has 6 nitrogen and oxygen atoms in total. The smallest absolute Gasteiger partial charge is 0.274 e. The van der Waals surface area contributed by atoms with Crippen LogP contribution in [0.3, 0.4) is 0 Å². The quantitative estimate of drug-likeness (QED) is 0.242. The number of benzene rings is 3. The first-order valence-electron chi connectivity index (χ1n) is 11.2. The fraction of sp³-hybridized carbons (Fsp3) is 0.185. The van der Waals surface area contributed by atoms with E-state index < -0.39 is 0 Å². The molecule has 8 heteroatoms. The lowest BCUT2D eigenvalue weighted by molar-refractivity contribution is 0.207. The molecule has 2 aromatic heterocycles. The van der Waals surface area contributed by atoms with E-state index in [2.05, 4.69) is 20.9 Å². The third-order valence-corrected chi connectivity index (χ3v) is 6.95. The van der Waals surface area contributed by atoms with Crippen molar-refractivity contribution in [1.29, 1.82) is 0 Å². The standard InChI is InChI=1S/C27H23BrN2O4S/c1-3-32-23-15-18(14-20(28)25(23)34-13-12-33-19-10-8-17(2)9-11-19)16-24-26(31)30-22-7-5-4-6-21(22)29-27(30)35-24/h4-11,14-16H,3,12-13H2,1-2H3/b24-16-.